The summed E-state index contributed by atoms with van der Waals surface area (Å²) in [6.07, 6.45) is 5.78. The zero-order chi connectivity index (χ0) is 23.9. The maximum atomic E-state index is 13.0. The van der Waals surface area contributed by atoms with Gasteiger partial charge in [0, 0.05) is 24.8 Å². The molecule has 4 amide bonds. The lowest BCUT2D eigenvalue weighted by Gasteiger charge is -2.32. The van der Waals surface area contributed by atoms with E-state index >= 15 is 0 Å². The molecule has 2 aromatic carbocycles. The smallest absolute Gasteiger partial charge is 0.322 e. The van der Waals surface area contributed by atoms with Crippen LogP contribution in [0.15, 0.2) is 60.9 Å². The molecule has 3 heterocycles. The van der Waals surface area contributed by atoms with Gasteiger partial charge < -0.3 is 10.2 Å². The number of hydrogen-bond donors (Lipinski definition) is 2. The van der Waals surface area contributed by atoms with Gasteiger partial charge in [-0.05, 0) is 68.0 Å². The number of benzene rings is 2. The second-order valence-corrected chi connectivity index (χ2v) is 9.23. The summed E-state index contributed by atoms with van der Waals surface area (Å²) < 4.78 is 1.90. The first-order chi connectivity index (χ1) is 16.3. The highest BCUT2D eigenvalue weighted by Crippen LogP contribution is 2.30. The largest absolute Gasteiger partial charge is 0.339 e. The van der Waals surface area contributed by atoms with Crippen molar-refractivity contribution in [2.24, 2.45) is 0 Å². The molecule has 1 aromatic heterocycles. The predicted molar refractivity (Wildman–Crippen MR) is 127 cm³/mol. The molecular formula is C26H27N5O3. The van der Waals surface area contributed by atoms with E-state index in [1.807, 2.05) is 15.8 Å². The average molecular weight is 458 g/mol. The van der Waals surface area contributed by atoms with Crippen LogP contribution in [0.2, 0.25) is 0 Å². The first-order valence-corrected chi connectivity index (χ1v) is 11.5. The van der Waals surface area contributed by atoms with Gasteiger partial charge in [0.15, 0.2) is 0 Å². The Labute approximate surface area is 197 Å². The highest BCUT2D eigenvalue weighted by Gasteiger charge is 2.43. The molecule has 0 aliphatic carbocycles. The molecule has 0 saturated carbocycles. The standard InChI is InChI=1S/C26H27N5O3/c1-17-3-9-22(10-4-17)31-16-20(15-27-31)18-11-13-30(14-12-18)23(32)19-5-7-21(8-6-19)26(2)24(33)28-25(34)29-26/h3-10,15-16,18H,11-14H2,1-2H3,(H2,28,29,33,34)/t26-/m1/s1. The van der Waals surface area contributed by atoms with Gasteiger partial charge in [0.25, 0.3) is 11.8 Å². The molecule has 174 valence electrons. The van der Waals surface area contributed by atoms with Gasteiger partial charge in [0.1, 0.15) is 5.54 Å². The Kier molecular flexibility index (Phi) is 5.43. The summed E-state index contributed by atoms with van der Waals surface area (Å²) in [6.45, 7) is 5.07. The molecule has 2 N–H and O–H groups in total. The van der Waals surface area contributed by atoms with E-state index in [9.17, 15) is 14.4 Å². The molecule has 2 aliphatic rings. The van der Waals surface area contributed by atoms with E-state index in [0.29, 0.717) is 30.1 Å². The number of aromatic nitrogens is 2. The van der Waals surface area contributed by atoms with E-state index in [4.69, 9.17) is 0 Å². The number of amides is 4. The fourth-order valence-corrected chi connectivity index (χ4v) is 4.68. The van der Waals surface area contributed by atoms with Crippen molar-refractivity contribution in [1.29, 1.82) is 0 Å². The monoisotopic (exact) mass is 457 g/mol. The van der Waals surface area contributed by atoms with E-state index in [1.165, 1.54) is 11.1 Å². The zero-order valence-corrected chi connectivity index (χ0v) is 19.2. The topological polar surface area (TPSA) is 96.3 Å². The fraction of sp³-hybridized carbons (Fsp3) is 0.308. The number of rotatable bonds is 4. The van der Waals surface area contributed by atoms with E-state index in [1.54, 1.807) is 31.2 Å². The van der Waals surface area contributed by atoms with E-state index < -0.39 is 17.5 Å². The summed E-state index contributed by atoms with van der Waals surface area (Å²) in [5.74, 6) is -0.0511. The number of likely N-dealkylation sites (tertiary alicyclic amines) is 1. The SMILES string of the molecule is Cc1ccc(-n2cc(C3CCN(C(=O)c4ccc([C@@]5(C)NC(=O)NC5=O)cc4)CC3)cn2)cc1. The number of nitrogens with one attached hydrogen (secondary N) is 2. The molecule has 1 atom stereocenters. The number of carbonyl (C=O) groups is 3. The molecular weight excluding hydrogens is 430 g/mol. The van der Waals surface area contributed by atoms with Crippen LogP contribution in [-0.4, -0.2) is 45.6 Å². The van der Waals surface area contributed by atoms with Crippen LogP contribution < -0.4 is 10.6 Å². The van der Waals surface area contributed by atoms with Gasteiger partial charge in [0.2, 0.25) is 0 Å². The second kappa shape index (κ2) is 8.44. The first-order valence-electron chi connectivity index (χ1n) is 11.5. The van der Waals surface area contributed by atoms with Gasteiger partial charge in [0.05, 0.1) is 11.9 Å². The van der Waals surface area contributed by atoms with Crippen LogP contribution in [0.3, 0.4) is 0 Å². The Bertz CT molecular complexity index is 1240. The van der Waals surface area contributed by atoms with Gasteiger partial charge in [-0.15, -0.1) is 0 Å². The maximum Gasteiger partial charge on any atom is 0.322 e. The third kappa shape index (κ3) is 3.96. The number of urea groups is 1. The average Bonchev–Trinajstić information content (AvgIpc) is 3.44. The first kappa shape index (κ1) is 21.9. The van der Waals surface area contributed by atoms with Crippen molar-refractivity contribution in [1.82, 2.24) is 25.3 Å². The van der Waals surface area contributed by atoms with Crippen LogP contribution in [0.25, 0.3) is 5.69 Å². The molecule has 8 nitrogen and oxygen atoms in total. The highest BCUT2D eigenvalue weighted by molar-refractivity contribution is 6.07. The van der Waals surface area contributed by atoms with Crippen molar-refractivity contribution in [2.45, 2.75) is 38.1 Å². The summed E-state index contributed by atoms with van der Waals surface area (Å²) in [5, 5.41) is 9.43. The Morgan fingerprint density at radius 3 is 2.32 bits per heavy atom. The van der Waals surface area contributed by atoms with Gasteiger partial charge in [-0.1, -0.05) is 29.8 Å². The van der Waals surface area contributed by atoms with Crippen LogP contribution in [0, 0.1) is 6.92 Å². The van der Waals surface area contributed by atoms with Gasteiger partial charge in [-0.3, -0.25) is 14.9 Å². The zero-order valence-electron chi connectivity index (χ0n) is 19.2. The predicted octanol–water partition coefficient (Wildman–Crippen LogP) is 3.26. The van der Waals surface area contributed by atoms with E-state index in [-0.39, 0.29) is 5.91 Å². The highest BCUT2D eigenvalue weighted by atomic mass is 16.2. The summed E-state index contributed by atoms with van der Waals surface area (Å²) >= 11 is 0. The van der Waals surface area contributed by atoms with Crippen molar-refractivity contribution in [3.8, 4) is 5.69 Å². The van der Waals surface area contributed by atoms with Crippen molar-refractivity contribution < 1.29 is 14.4 Å². The van der Waals surface area contributed by atoms with Crippen molar-refractivity contribution in [2.75, 3.05) is 13.1 Å². The number of piperidine rings is 1. The van der Waals surface area contributed by atoms with Gasteiger partial charge in [-0.25, -0.2) is 9.48 Å². The Hall–Kier alpha value is -3.94. The lowest BCUT2D eigenvalue weighted by molar-refractivity contribution is -0.123. The molecule has 34 heavy (non-hydrogen) atoms. The molecule has 3 aromatic rings. The van der Waals surface area contributed by atoms with Crippen LogP contribution in [0.1, 0.15) is 52.7 Å². The third-order valence-corrected chi connectivity index (χ3v) is 6.91. The number of nitrogens with zero attached hydrogens (tertiary/aromatic N) is 3. The Morgan fingerprint density at radius 2 is 1.71 bits per heavy atom. The molecule has 0 unspecified atom stereocenters. The fourth-order valence-electron chi connectivity index (χ4n) is 4.68. The quantitative estimate of drug-likeness (QED) is 0.588. The molecule has 0 spiro atoms. The number of carbonyl (C=O) groups excluding carboxylic acids is 3. The van der Waals surface area contributed by atoms with Crippen LogP contribution in [-0.2, 0) is 10.3 Å². The minimum Gasteiger partial charge on any atom is -0.339 e. The molecule has 0 radical (unpaired) electrons. The molecule has 2 aliphatic heterocycles. The van der Waals surface area contributed by atoms with Crippen molar-refractivity contribution >= 4 is 17.8 Å². The summed E-state index contributed by atoms with van der Waals surface area (Å²) in [5.41, 5.74) is 3.53. The minimum absolute atomic E-state index is 0.0228. The van der Waals surface area contributed by atoms with Gasteiger partial charge in [-0.2, -0.15) is 5.10 Å². The van der Waals surface area contributed by atoms with E-state index in [2.05, 4.69) is 53.1 Å². The lowest BCUT2D eigenvalue weighted by Crippen LogP contribution is -2.40. The second-order valence-electron chi connectivity index (χ2n) is 9.23. The molecule has 8 heteroatoms. The summed E-state index contributed by atoms with van der Waals surface area (Å²) in [7, 11) is 0. The van der Waals surface area contributed by atoms with Gasteiger partial charge >= 0.3 is 6.03 Å². The molecule has 2 fully saturated rings. The lowest BCUT2D eigenvalue weighted by atomic mass is 9.90. The molecule has 5 rings (SSSR count). The number of hydrogen-bond acceptors (Lipinski definition) is 4. The number of imide groups is 1. The molecule has 0 bridgehead atoms. The Morgan fingerprint density at radius 1 is 1.03 bits per heavy atom. The van der Waals surface area contributed by atoms with Crippen molar-refractivity contribution in [3.63, 3.8) is 0 Å². The normalized spacial score (nSPS) is 20.8. The third-order valence-electron chi connectivity index (χ3n) is 6.91. The Balaban J connectivity index is 1.21. The van der Waals surface area contributed by atoms with Crippen LogP contribution >= 0.6 is 0 Å². The van der Waals surface area contributed by atoms with Crippen molar-refractivity contribution in [3.05, 3.63) is 83.2 Å². The summed E-state index contributed by atoms with van der Waals surface area (Å²) in [6, 6.07) is 14.7. The maximum absolute atomic E-state index is 13.0. The van der Waals surface area contributed by atoms with Crippen LogP contribution in [0.5, 0.6) is 0 Å². The molecule has 2 saturated heterocycles. The van der Waals surface area contributed by atoms with Crippen LogP contribution in [0.4, 0.5) is 4.79 Å². The van der Waals surface area contributed by atoms with E-state index in [0.717, 1.165) is 18.5 Å². The number of aryl methyl sites for hydroxylation is 1. The summed E-state index contributed by atoms with van der Waals surface area (Å²) in [4.78, 5) is 38.6. The minimum atomic E-state index is -1.12.